The Morgan fingerprint density at radius 3 is 2.81 bits per heavy atom. The lowest BCUT2D eigenvalue weighted by atomic mass is 10.0. The van der Waals surface area contributed by atoms with E-state index in [-0.39, 0.29) is 0 Å². The van der Waals surface area contributed by atoms with Gasteiger partial charge in [0.1, 0.15) is 0 Å². The van der Waals surface area contributed by atoms with Gasteiger partial charge in [0.15, 0.2) is 0 Å². The minimum atomic E-state index is 0.451. The standard InChI is InChI=1S/C12H18N4/c1-3-9-11(12(13)8-5-6-8)10(14-4-2)7-15-16-9/h7-8,13H,3-6H2,1-2H3,(H,14,16). The van der Waals surface area contributed by atoms with Crippen LogP contribution in [-0.4, -0.2) is 22.5 Å². The van der Waals surface area contributed by atoms with Crippen molar-refractivity contribution in [3.63, 3.8) is 0 Å². The summed E-state index contributed by atoms with van der Waals surface area (Å²) in [4.78, 5) is 0. The SMILES string of the molecule is CCNc1cnnc(CC)c1C(=N)C1CC1. The van der Waals surface area contributed by atoms with Crippen molar-refractivity contribution in [2.75, 3.05) is 11.9 Å². The summed E-state index contributed by atoms with van der Waals surface area (Å²) in [6.45, 7) is 4.96. The maximum Gasteiger partial charge on any atom is 0.0739 e. The average molecular weight is 218 g/mol. The summed E-state index contributed by atoms with van der Waals surface area (Å²) in [6.07, 6.45) is 4.86. The van der Waals surface area contributed by atoms with E-state index >= 15 is 0 Å². The van der Waals surface area contributed by atoms with E-state index in [0.29, 0.717) is 5.92 Å². The Labute approximate surface area is 96.0 Å². The minimum Gasteiger partial charge on any atom is -0.383 e. The zero-order valence-electron chi connectivity index (χ0n) is 9.88. The van der Waals surface area contributed by atoms with Crippen LogP contribution in [-0.2, 0) is 6.42 Å². The van der Waals surface area contributed by atoms with Crippen LogP contribution in [0.15, 0.2) is 6.20 Å². The van der Waals surface area contributed by atoms with E-state index in [1.165, 1.54) is 0 Å². The third-order valence-electron chi connectivity index (χ3n) is 2.88. The van der Waals surface area contributed by atoms with Crippen LogP contribution in [0.25, 0.3) is 0 Å². The van der Waals surface area contributed by atoms with E-state index in [0.717, 1.165) is 48.5 Å². The maximum atomic E-state index is 8.20. The van der Waals surface area contributed by atoms with Gasteiger partial charge in [-0.2, -0.15) is 10.2 Å². The van der Waals surface area contributed by atoms with E-state index < -0.39 is 0 Å². The van der Waals surface area contributed by atoms with Gasteiger partial charge in [-0.05, 0) is 26.2 Å². The second kappa shape index (κ2) is 4.60. The van der Waals surface area contributed by atoms with Crippen LogP contribution in [0.3, 0.4) is 0 Å². The Kier molecular flexibility index (Phi) is 3.17. The molecule has 0 saturated heterocycles. The maximum absolute atomic E-state index is 8.20. The number of aromatic nitrogens is 2. The summed E-state index contributed by atoms with van der Waals surface area (Å²) in [5, 5.41) is 19.6. The lowest BCUT2D eigenvalue weighted by molar-refractivity contribution is 0.907. The van der Waals surface area contributed by atoms with Crippen LogP contribution in [0.5, 0.6) is 0 Å². The van der Waals surface area contributed by atoms with Crippen molar-refractivity contribution >= 4 is 11.4 Å². The van der Waals surface area contributed by atoms with E-state index in [4.69, 9.17) is 5.41 Å². The molecule has 0 atom stereocenters. The first-order valence-corrected chi connectivity index (χ1v) is 5.95. The Bertz CT molecular complexity index is 396. The largest absolute Gasteiger partial charge is 0.383 e. The van der Waals surface area contributed by atoms with Crippen molar-refractivity contribution < 1.29 is 0 Å². The number of hydrogen-bond acceptors (Lipinski definition) is 4. The van der Waals surface area contributed by atoms with Crippen molar-refractivity contribution in [2.24, 2.45) is 5.92 Å². The Balaban J connectivity index is 2.39. The first kappa shape index (κ1) is 11.0. The van der Waals surface area contributed by atoms with Crippen molar-refractivity contribution in [3.05, 3.63) is 17.5 Å². The number of nitrogens with zero attached hydrogens (tertiary/aromatic N) is 2. The third-order valence-corrected chi connectivity index (χ3v) is 2.88. The lowest BCUT2D eigenvalue weighted by Gasteiger charge is -2.13. The average Bonchev–Trinajstić information content (AvgIpc) is 3.12. The van der Waals surface area contributed by atoms with E-state index in [1.807, 2.05) is 0 Å². The number of hydrogen-bond donors (Lipinski definition) is 2. The summed E-state index contributed by atoms with van der Waals surface area (Å²) in [5.74, 6) is 0.451. The fourth-order valence-electron chi connectivity index (χ4n) is 1.87. The second-order valence-corrected chi connectivity index (χ2v) is 4.15. The molecule has 0 aromatic carbocycles. The van der Waals surface area contributed by atoms with E-state index in [9.17, 15) is 0 Å². The zero-order valence-corrected chi connectivity index (χ0v) is 9.88. The molecule has 0 amide bonds. The highest BCUT2D eigenvalue weighted by Crippen LogP contribution is 2.35. The minimum absolute atomic E-state index is 0.451. The van der Waals surface area contributed by atoms with Gasteiger partial charge in [0, 0.05) is 23.7 Å². The highest BCUT2D eigenvalue weighted by atomic mass is 15.1. The van der Waals surface area contributed by atoms with Crippen LogP contribution < -0.4 is 5.32 Å². The molecule has 1 aliphatic carbocycles. The molecule has 86 valence electrons. The molecule has 1 heterocycles. The molecule has 2 N–H and O–H groups in total. The van der Waals surface area contributed by atoms with Crippen molar-refractivity contribution in [3.8, 4) is 0 Å². The van der Waals surface area contributed by atoms with Crippen molar-refractivity contribution in [1.82, 2.24) is 10.2 Å². The fourth-order valence-corrected chi connectivity index (χ4v) is 1.87. The van der Waals surface area contributed by atoms with Gasteiger partial charge in [-0.3, -0.25) is 0 Å². The quantitative estimate of drug-likeness (QED) is 0.745. The van der Waals surface area contributed by atoms with Crippen LogP contribution in [0.1, 0.15) is 37.9 Å². The molecule has 1 aliphatic rings. The normalized spacial score (nSPS) is 14.9. The molecule has 0 spiro atoms. The van der Waals surface area contributed by atoms with E-state index in [2.05, 4.69) is 29.4 Å². The molecule has 4 nitrogen and oxygen atoms in total. The van der Waals surface area contributed by atoms with Crippen LogP contribution in [0.2, 0.25) is 0 Å². The van der Waals surface area contributed by atoms with Gasteiger partial charge in [-0.15, -0.1) is 0 Å². The molecule has 1 aromatic heterocycles. The number of rotatable bonds is 5. The highest BCUT2D eigenvalue weighted by Gasteiger charge is 2.30. The van der Waals surface area contributed by atoms with Gasteiger partial charge in [0.05, 0.1) is 17.6 Å². The molecule has 4 heteroatoms. The monoisotopic (exact) mass is 218 g/mol. The third kappa shape index (κ3) is 2.05. The number of anilines is 1. The summed E-state index contributed by atoms with van der Waals surface area (Å²) >= 11 is 0. The molecule has 0 bridgehead atoms. The van der Waals surface area contributed by atoms with Gasteiger partial charge < -0.3 is 10.7 Å². The molecular weight excluding hydrogens is 200 g/mol. The smallest absolute Gasteiger partial charge is 0.0739 e. The van der Waals surface area contributed by atoms with E-state index in [1.54, 1.807) is 6.20 Å². The van der Waals surface area contributed by atoms with Crippen LogP contribution >= 0.6 is 0 Å². The van der Waals surface area contributed by atoms with Crippen LogP contribution in [0, 0.1) is 11.3 Å². The van der Waals surface area contributed by atoms with Gasteiger partial charge in [-0.1, -0.05) is 6.92 Å². The van der Waals surface area contributed by atoms with Gasteiger partial charge >= 0.3 is 0 Å². The topological polar surface area (TPSA) is 61.7 Å². The Morgan fingerprint density at radius 2 is 2.25 bits per heavy atom. The highest BCUT2D eigenvalue weighted by molar-refractivity contribution is 6.06. The van der Waals surface area contributed by atoms with Gasteiger partial charge in [-0.25, -0.2) is 0 Å². The Hall–Kier alpha value is -1.45. The summed E-state index contributed by atoms with van der Waals surface area (Å²) in [5.41, 5.74) is 3.63. The second-order valence-electron chi connectivity index (χ2n) is 4.15. The zero-order chi connectivity index (χ0) is 11.5. The molecule has 1 saturated carbocycles. The number of nitrogens with one attached hydrogen (secondary N) is 2. The lowest BCUT2D eigenvalue weighted by Crippen LogP contribution is -2.13. The summed E-state index contributed by atoms with van der Waals surface area (Å²) in [7, 11) is 0. The molecule has 0 unspecified atom stereocenters. The first-order valence-electron chi connectivity index (χ1n) is 5.95. The predicted molar refractivity (Wildman–Crippen MR) is 65.1 cm³/mol. The summed E-state index contributed by atoms with van der Waals surface area (Å²) in [6, 6.07) is 0. The van der Waals surface area contributed by atoms with Crippen LogP contribution in [0.4, 0.5) is 5.69 Å². The van der Waals surface area contributed by atoms with Gasteiger partial charge in [0.2, 0.25) is 0 Å². The predicted octanol–water partition coefficient (Wildman–Crippen LogP) is 2.25. The summed E-state index contributed by atoms with van der Waals surface area (Å²) < 4.78 is 0. The number of aryl methyl sites for hydroxylation is 1. The fraction of sp³-hybridized carbons (Fsp3) is 0.583. The molecular formula is C12H18N4. The molecule has 16 heavy (non-hydrogen) atoms. The molecule has 0 radical (unpaired) electrons. The molecule has 2 rings (SSSR count). The molecule has 1 aromatic rings. The Morgan fingerprint density at radius 1 is 1.50 bits per heavy atom. The van der Waals surface area contributed by atoms with Crippen molar-refractivity contribution in [2.45, 2.75) is 33.1 Å². The molecule has 1 fully saturated rings. The molecule has 0 aliphatic heterocycles. The van der Waals surface area contributed by atoms with Gasteiger partial charge in [0.25, 0.3) is 0 Å². The van der Waals surface area contributed by atoms with Crippen molar-refractivity contribution in [1.29, 1.82) is 5.41 Å². The first-order chi connectivity index (χ1) is 7.77.